The molecule has 0 radical (unpaired) electrons. The third-order valence-corrected chi connectivity index (χ3v) is 3.04. The summed E-state index contributed by atoms with van der Waals surface area (Å²) >= 11 is 11.9. The molecule has 0 bridgehead atoms. The molecule has 19 heavy (non-hydrogen) atoms. The number of carbonyl (C=O) groups is 1. The normalized spacial score (nSPS) is 13.0. The minimum Gasteiger partial charge on any atom is -0.477 e. The van der Waals surface area contributed by atoms with Crippen molar-refractivity contribution in [3.8, 4) is 0 Å². The number of aliphatic imine (C=N–C) groups is 1. The van der Waals surface area contributed by atoms with E-state index in [-0.39, 0.29) is 5.90 Å². The Labute approximate surface area is 122 Å². The van der Waals surface area contributed by atoms with E-state index in [1.165, 1.54) is 0 Å². The summed E-state index contributed by atoms with van der Waals surface area (Å²) in [6, 6.07) is 7.06. The van der Waals surface area contributed by atoms with Crippen molar-refractivity contribution in [2.24, 2.45) is 4.99 Å². The Hall–Kier alpha value is -1.32. The van der Waals surface area contributed by atoms with Crippen LogP contribution in [0.2, 0.25) is 5.02 Å². The zero-order valence-corrected chi connectivity index (χ0v) is 12.5. The van der Waals surface area contributed by atoms with Gasteiger partial charge in [0.05, 0.1) is 17.2 Å². The Morgan fingerprint density at radius 1 is 1.32 bits per heavy atom. The van der Waals surface area contributed by atoms with Crippen LogP contribution in [0, 0.1) is 0 Å². The average molecular weight is 300 g/mol. The Balaban J connectivity index is 3.19. The quantitative estimate of drug-likeness (QED) is 0.477. The molecule has 1 aromatic rings. The molecule has 0 unspecified atom stereocenters. The Bertz CT molecular complexity index is 532. The number of allylic oxidation sites excluding steroid dienone is 1. The topological polar surface area (TPSA) is 38.7 Å². The van der Waals surface area contributed by atoms with Gasteiger partial charge >= 0.3 is 0 Å². The van der Waals surface area contributed by atoms with Gasteiger partial charge in [0.1, 0.15) is 0 Å². The van der Waals surface area contributed by atoms with Crippen LogP contribution in [0.3, 0.4) is 0 Å². The molecule has 0 N–H and O–H groups in total. The summed E-state index contributed by atoms with van der Waals surface area (Å²) in [5.41, 5.74) is 0.963. The minimum atomic E-state index is -0.434. The van der Waals surface area contributed by atoms with Crippen LogP contribution in [-0.2, 0) is 9.53 Å². The lowest BCUT2D eigenvalue weighted by Gasteiger charge is -2.09. The van der Waals surface area contributed by atoms with E-state index in [0.29, 0.717) is 27.8 Å². The molecule has 0 fully saturated rings. The number of rotatable bonds is 3. The molecule has 102 valence electrons. The summed E-state index contributed by atoms with van der Waals surface area (Å²) in [5.74, 6) is -0.230. The van der Waals surface area contributed by atoms with Crippen LogP contribution in [0.4, 0.5) is 0 Å². The van der Waals surface area contributed by atoms with Gasteiger partial charge in [0.15, 0.2) is 0 Å². The highest BCUT2D eigenvalue weighted by atomic mass is 35.5. The first-order valence-corrected chi connectivity index (χ1v) is 6.56. The van der Waals surface area contributed by atoms with Crippen LogP contribution in [0.25, 0.3) is 0 Å². The summed E-state index contributed by atoms with van der Waals surface area (Å²) in [7, 11) is 0. The van der Waals surface area contributed by atoms with Gasteiger partial charge in [-0.15, -0.1) is 0 Å². The zero-order valence-electron chi connectivity index (χ0n) is 11.0. The van der Waals surface area contributed by atoms with Gasteiger partial charge in [-0.25, -0.2) is 0 Å². The second kappa shape index (κ2) is 7.31. The number of amides is 1. The number of benzene rings is 1. The van der Waals surface area contributed by atoms with Gasteiger partial charge < -0.3 is 4.74 Å². The predicted octanol–water partition coefficient (Wildman–Crippen LogP) is 4.18. The fourth-order valence-electron chi connectivity index (χ4n) is 1.27. The third kappa shape index (κ3) is 4.37. The van der Waals surface area contributed by atoms with Crippen molar-refractivity contribution in [2.75, 3.05) is 6.61 Å². The van der Waals surface area contributed by atoms with Crippen molar-refractivity contribution in [1.29, 1.82) is 0 Å². The number of hydrogen-bond acceptors (Lipinski definition) is 2. The molecule has 0 aliphatic carbocycles. The van der Waals surface area contributed by atoms with Crippen LogP contribution in [0.15, 0.2) is 39.9 Å². The van der Waals surface area contributed by atoms with Crippen molar-refractivity contribution < 1.29 is 9.53 Å². The van der Waals surface area contributed by atoms with E-state index >= 15 is 0 Å². The maximum absolute atomic E-state index is 11.9. The Morgan fingerprint density at radius 3 is 2.47 bits per heavy atom. The molecular weight excluding hydrogens is 285 g/mol. The number of hydrogen-bond donors (Lipinski definition) is 0. The van der Waals surface area contributed by atoms with Crippen LogP contribution in [0.1, 0.15) is 26.3 Å². The Morgan fingerprint density at radius 2 is 1.95 bits per heavy atom. The summed E-state index contributed by atoms with van der Waals surface area (Å²) in [5, 5.41) is 0.885. The molecule has 0 heterocycles. The first-order chi connectivity index (χ1) is 8.97. The van der Waals surface area contributed by atoms with Gasteiger partial charge in [-0.3, -0.25) is 4.79 Å². The van der Waals surface area contributed by atoms with E-state index in [0.717, 1.165) is 0 Å². The molecule has 3 nitrogen and oxygen atoms in total. The van der Waals surface area contributed by atoms with Crippen LogP contribution in [0.5, 0.6) is 0 Å². The van der Waals surface area contributed by atoms with E-state index < -0.39 is 5.91 Å². The van der Waals surface area contributed by atoms with Crippen LogP contribution < -0.4 is 0 Å². The van der Waals surface area contributed by atoms with E-state index in [1.807, 2.05) is 6.92 Å². The Kier molecular flexibility index (Phi) is 6.06. The highest BCUT2D eigenvalue weighted by Crippen LogP contribution is 2.18. The molecular formula is C14H15Cl2NO2. The second-order valence-corrected chi connectivity index (χ2v) is 4.77. The highest BCUT2D eigenvalue weighted by molar-refractivity contribution is 6.34. The summed E-state index contributed by atoms with van der Waals surface area (Å²) in [4.78, 5) is 15.8. The molecule has 0 atom stereocenters. The second-order valence-electron chi connectivity index (χ2n) is 3.79. The SMILES string of the molecule is CCOC(=NC(=O)C(C)=C(C)Cl)c1ccccc1Cl. The minimum absolute atomic E-state index is 0.204. The molecule has 0 spiro atoms. The number of ether oxygens (including phenoxy) is 1. The zero-order chi connectivity index (χ0) is 14.4. The third-order valence-electron chi connectivity index (χ3n) is 2.43. The van der Waals surface area contributed by atoms with Crippen LogP contribution >= 0.6 is 23.2 Å². The van der Waals surface area contributed by atoms with Gasteiger partial charge in [0.25, 0.3) is 5.91 Å². The molecule has 1 amide bonds. The number of nitrogens with zero attached hydrogens (tertiary/aromatic N) is 1. The molecule has 0 aromatic heterocycles. The summed E-state index contributed by atoms with van der Waals surface area (Å²) in [6.07, 6.45) is 0. The van der Waals surface area contributed by atoms with Gasteiger partial charge in [0.2, 0.25) is 5.90 Å². The maximum atomic E-state index is 11.9. The van der Waals surface area contributed by atoms with Crippen molar-refractivity contribution >= 4 is 35.0 Å². The monoisotopic (exact) mass is 299 g/mol. The highest BCUT2D eigenvalue weighted by Gasteiger charge is 2.13. The average Bonchev–Trinajstić information content (AvgIpc) is 2.37. The van der Waals surface area contributed by atoms with E-state index in [2.05, 4.69) is 4.99 Å². The first kappa shape index (κ1) is 15.7. The lowest BCUT2D eigenvalue weighted by molar-refractivity contribution is -0.114. The van der Waals surface area contributed by atoms with Crippen molar-refractivity contribution in [1.82, 2.24) is 0 Å². The molecule has 0 saturated heterocycles. The van der Waals surface area contributed by atoms with Crippen molar-refractivity contribution in [2.45, 2.75) is 20.8 Å². The molecule has 1 aromatic carbocycles. The fraction of sp³-hybridized carbons (Fsp3) is 0.286. The maximum Gasteiger partial charge on any atom is 0.277 e. The number of carbonyl (C=O) groups excluding carboxylic acids is 1. The predicted molar refractivity (Wildman–Crippen MR) is 78.8 cm³/mol. The fourth-order valence-corrected chi connectivity index (χ4v) is 1.56. The van der Waals surface area contributed by atoms with Gasteiger partial charge in [-0.05, 0) is 32.9 Å². The van der Waals surface area contributed by atoms with Crippen molar-refractivity contribution in [3.05, 3.63) is 45.5 Å². The lowest BCUT2D eigenvalue weighted by atomic mass is 10.2. The van der Waals surface area contributed by atoms with Gasteiger partial charge in [-0.2, -0.15) is 4.99 Å². The molecule has 1 rings (SSSR count). The van der Waals surface area contributed by atoms with Crippen molar-refractivity contribution in [3.63, 3.8) is 0 Å². The largest absolute Gasteiger partial charge is 0.477 e. The van der Waals surface area contributed by atoms with Gasteiger partial charge in [0, 0.05) is 10.6 Å². The van der Waals surface area contributed by atoms with E-state index in [4.69, 9.17) is 27.9 Å². The lowest BCUT2D eigenvalue weighted by Crippen LogP contribution is -2.11. The summed E-state index contributed by atoms with van der Waals surface area (Å²) in [6.45, 7) is 5.46. The molecule has 0 aliphatic heterocycles. The molecule has 0 aliphatic rings. The summed E-state index contributed by atoms with van der Waals surface area (Å²) < 4.78 is 5.39. The van der Waals surface area contributed by atoms with E-state index in [9.17, 15) is 4.79 Å². The smallest absolute Gasteiger partial charge is 0.277 e. The number of halogens is 2. The van der Waals surface area contributed by atoms with Crippen LogP contribution in [-0.4, -0.2) is 18.4 Å². The molecule has 0 saturated carbocycles. The van der Waals surface area contributed by atoms with E-state index in [1.54, 1.807) is 38.1 Å². The van der Waals surface area contributed by atoms with Gasteiger partial charge in [-0.1, -0.05) is 35.3 Å². The first-order valence-electron chi connectivity index (χ1n) is 5.81. The molecule has 5 heteroatoms. The standard InChI is InChI=1S/C14H15Cl2NO2/c1-4-19-14(11-7-5-6-8-12(11)16)17-13(18)9(2)10(3)15/h5-8H,4H2,1-3H3.